The smallest absolute Gasteiger partial charge is 0.227 e. The van der Waals surface area contributed by atoms with Crippen molar-refractivity contribution in [3.63, 3.8) is 0 Å². The monoisotopic (exact) mass is 242 g/mol. The Balaban J connectivity index is 1.75. The molecule has 1 saturated heterocycles. The second-order valence-corrected chi connectivity index (χ2v) is 5.08. The van der Waals surface area contributed by atoms with Gasteiger partial charge in [0.2, 0.25) is 5.91 Å². The van der Waals surface area contributed by atoms with Crippen LogP contribution in [0, 0.1) is 0 Å². The minimum atomic E-state index is 0.205. The fourth-order valence-electron chi connectivity index (χ4n) is 2.48. The molecule has 3 heterocycles. The highest BCUT2D eigenvalue weighted by molar-refractivity contribution is 5.95. The third-order valence-corrected chi connectivity index (χ3v) is 3.66. The van der Waals surface area contributed by atoms with Crippen LogP contribution in [0.5, 0.6) is 0 Å². The summed E-state index contributed by atoms with van der Waals surface area (Å²) in [5.74, 6) is 1.71. The van der Waals surface area contributed by atoms with Crippen molar-refractivity contribution in [2.24, 2.45) is 0 Å². The molecule has 0 spiro atoms. The fourth-order valence-corrected chi connectivity index (χ4v) is 2.48. The molecule has 0 N–H and O–H groups in total. The molecule has 1 aliphatic carbocycles. The first kappa shape index (κ1) is 10.1. The Kier molecular flexibility index (Phi) is 1.98. The van der Waals surface area contributed by atoms with Crippen molar-refractivity contribution >= 4 is 17.2 Å². The van der Waals surface area contributed by atoms with Crippen molar-refractivity contribution in [3.05, 3.63) is 24.2 Å². The number of rotatable bonds is 2. The molecule has 0 bridgehead atoms. The maximum atomic E-state index is 11.7. The van der Waals surface area contributed by atoms with Crippen molar-refractivity contribution in [1.82, 2.24) is 14.6 Å². The van der Waals surface area contributed by atoms with Crippen LogP contribution in [0.3, 0.4) is 0 Å². The van der Waals surface area contributed by atoms with E-state index >= 15 is 0 Å². The molecule has 0 aromatic carbocycles. The molecule has 5 nitrogen and oxygen atoms in total. The lowest BCUT2D eigenvalue weighted by Crippen LogP contribution is -2.23. The molecule has 0 radical (unpaired) electrons. The van der Waals surface area contributed by atoms with E-state index in [0.29, 0.717) is 12.3 Å². The van der Waals surface area contributed by atoms with Crippen LogP contribution >= 0.6 is 0 Å². The van der Waals surface area contributed by atoms with Crippen molar-refractivity contribution in [1.29, 1.82) is 0 Å². The maximum absolute atomic E-state index is 11.7. The topological polar surface area (TPSA) is 50.5 Å². The predicted octanol–water partition coefficient (Wildman–Crippen LogP) is 1.73. The van der Waals surface area contributed by atoms with Gasteiger partial charge in [0, 0.05) is 18.9 Å². The van der Waals surface area contributed by atoms with Gasteiger partial charge < -0.3 is 4.90 Å². The Hall–Kier alpha value is -1.91. The first-order valence-corrected chi connectivity index (χ1v) is 6.48. The van der Waals surface area contributed by atoms with Crippen molar-refractivity contribution in [2.45, 2.75) is 31.6 Å². The molecular formula is C13H14N4O. The summed E-state index contributed by atoms with van der Waals surface area (Å²) in [6.45, 7) is 0.814. The largest absolute Gasteiger partial charge is 0.311 e. The molecular weight excluding hydrogens is 228 g/mol. The predicted molar refractivity (Wildman–Crippen MR) is 66.5 cm³/mol. The Bertz CT molecular complexity index is 629. The second kappa shape index (κ2) is 3.54. The van der Waals surface area contributed by atoms with Crippen LogP contribution in [-0.2, 0) is 4.79 Å². The summed E-state index contributed by atoms with van der Waals surface area (Å²) in [6.07, 6.45) is 5.92. The average Bonchev–Trinajstić information content (AvgIpc) is 3.00. The van der Waals surface area contributed by atoms with Crippen LogP contribution in [0.25, 0.3) is 5.65 Å². The molecule has 1 amide bonds. The number of amides is 1. The molecule has 18 heavy (non-hydrogen) atoms. The normalized spacial score (nSPS) is 20.0. The number of hydrogen-bond acceptors (Lipinski definition) is 3. The van der Waals surface area contributed by atoms with Crippen LogP contribution in [-0.4, -0.2) is 27.0 Å². The molecule has 2 aromatic heterocycles. The quantitative estimate of drug-likeness (QED) is 0.806. The molecule has 92 valence electrons. The van der Waals surface area contributed by atoms with Crippen LogP contribution < -0.4 is 4.90 Å². The highest BCUT2D eigenvalue weighted by Gasteiger charge is 2.28. The first-order valence-electron chi connectivity index (χ1n) is 6.48. The molecule has 5 heteroatoms. The molecule has 1 saturated carbocycles. The number of aromatic nitrogens is 3. The van der Waals surface area contributed by atoms with Crippen LogP contribution in [0.15, 0.2) is 18.3 Å². The third kappa shape index (κ3) is 1.50. The molecule has 0 atom stereocenters. The number of anilines is 1. The average molecular weight is 242 g/mol. The third-order valence-electron chi connectivity index (χ3n) is 3.66. The highest BCUT2D eigenvalue weighted by Crippen LogP contribution is 2.38. The van der Waals surface area contributed by atoms with Gasteiger partial charge in [0.25, 0.3) is 0 Å². The summed E-state index contributed by atoms with van der Waals surface area (Å²) in [5.41, 5.74) is 1.80. The van der Waals surface area contributed by atoms with Gasteiger partial charge in [0.05, 0.1) is 11.9 Å². The summed E-state index contributed by atoms with van der Waals surface area (Å²) in [6, 6.07) is 3.91. The minimum Gasteiger partial charge on any atom is -0.311 e. The molecule has 1 aliphatic heterocycles. The second-order valence-electron chi connectivity index (χ2n) is 5.08. The van der Waals surface area contributed by atoms with E-state index in [1.54, 1.807) is 4.52 Å². The Morgan fingerprint density at radius 1 is 1.28 bits per heavy atom. The van der Waals surface area contributed by atoms with Crippen LogP contribution in [0.1, 0.15) is 37.4 Å². The standard InChI is InChI=1S/C13H14N4O/c18-12-2-1-7-16(12)10-5-6-11-14-13(9-3-4-9)15-17(11)8-10/h5-6,8-9H,1-4,7H2. The van der Waals surface area contributed by atoms with E-state index in [0.717, 1.165) is 30.1 Å². The van der Waals surface area contributed by atoms with Gasteiger partial charge in [-0.25, -0.2) is 9.50 Å². The van der Waals surface area contributed by atoms with E-state index < -0.39 is 0 Å². The molecule has 2 fully saturated rings. The van der Waals surface area contributed by atoms with Gasteiger partial charge in [-0.2, -0.15) is 5.10 Å². The van der Waals surface area contributed by atoms with Crippen LogP contribution in [0.2, 0.25) is 0 Å². The SMILES string of the molecule is O=C1CCCN1c1ccc2nc(C3CC3)nn2c1. The minimum absolute atomic E-state index is 0.205. The Morgan fingerprint density at radius 2 is 2.17 bits per heavy atom. The number of fused-ring (bicyclic) bond motifs is 1. The van der Waals surface area contributed by atoms with Crippen molar-refractivity contribution < 1.29 is 4.79 Å². The van der Waals surface area contributed by atoms with E-state index in [-0.39, 0.29) is 5.91 Å². The molecule has 2 aromatic rings. The van der Waals surface area contributed by atoms with Crippen molar-refractivity contribution in [2.75, 3.05) is 11.4 Å². The van der Waals surface area contributed by atoms with E-state index in [2.05, 4.69) is 10.1 Å². The lowest BCUT2D eigenvalue weighted by Gasteiger charge is -2.14. The Labute approximate surface area is 104 Å². The zero-order valence-corrected chi connectivity index (χ0v) is 10.0. The van der Waals surface area contributed by atoms with Gasteiger partial charge in [0.1, 0.15) is 0 Å². The van der Waals surface area contributed by atoms with Gasteiger partial charge >= 0.3 is 0 Å². The summed E-state index contributed by atoms with van der Waals surface area (Å²) in [5, 5.41) is 4.50. The number of carbonyl (C=O) groups is 1. The molecule has 4 rings (SSSR count). The van der Waals surface area contributed by atoms with E-state index in [4.69, 9.17) is 0 Å². The van der Waals surface area contributed by atoms with Gasteiger partial charge in [-0.15, -0.1) is 0 Å². The zero-order chi connectivity index (χ0) is 12.1. The van der Waals surface area contributed by atoms with Gasteiger partial charge in [-0.05, 0) is 31.4 Å². The molecule has 2 aliphatic rings. The lowest BCUT2D eigenvalue weighted by atomic mass is 10.3. The Morgan fingerprint density at radius 3 is 2.89 bits per heavy atom. The number of hydrogen-bond donors (Lipinski definition) is 0. The summed E-state index contributed by atoms with van der Waals surface area (Å²) < 4.78 is 1.80. The maximum Gasteiger partial charge on any atom is 0.227 e. The lowest BCUT2D eigenvalue weighted by molar-refractivity contribution is -0.117. The number of nitrogens with zero attached hydrogens (tertiary/aromatic N) is 4. The fraction of sp³-hybridized carbons (Fsp3) is 0.462. The summed E-state index contributed by atoms with van der Waals surface area (Å²) in [7, 11) is 0. The summed E-state index contributed by atoms with van der Waals surface area (Å²) in [4.78, 5) is 18.1. The molecule has 0 unspecified atom stereocenters. The van der Waals surface area contributed by atoms with Gasteiger partial charge in [0.15, 0.2) is 11.5 Å². The van der Waals surface area contributed by atoms with Gasteiger partial charge in [-0.3, -0.25) is 4.79 Å². The van der Waals surface area contributed by atoms with Crippen LogP contribution in [0.4, 0.5) is 5.69 Å². The van der Waals surface area contributed by atoms with E-state index in [1.807, 2.05) is 23.2 Å². The van der Waals surface area contributed by atoms with Gasteiger partial charge in [-0.1, -0.05) is 0 Å². The zero-order valence-electron chi connectivity index (χ0n) is 10.0. The highest BCUT2D eigenvalue weighted by atomic mass is 16.2. The summed E-state index contributed by atoms with van der Waals surface area (Å²) >= 11 is 0. The first-order chi connectivity index (χ1) is 8.81. The number of pyridine rings is 1. The number of carbonyl (C=O) groups excluding carboxylic acids is 1. The van der Waals surface area contributed by atoms with Crippen molar-refractivity contribution in [3.8, 4) is 0 Å². The van der Waals surface area contributed by atoms with E-state index in [9.17, 15) is 4.79 Å². The van der Waals surface area contributed by atoms with E-state index in [1.165, 1.54) is 12.8 Å².